The van der Waals surface area contributed by atoms with Gasteiger partial charge in [0.05, 0.1) is 5.69 Å². The highest BCUT2D eigenvalue weighted by atomic mass is 16.4. The fourth-order valence-corrected chi connectivity index (χ4v) is 1.81. The van der Waals surface area contributed by atoms with Crippen LogP contribution in [0.5, 0.6) is 0 Å². The predicted molar refractivity (Wildman–Crippen MR) is 74.3 cm³/mol. The predicted octanol–water partition coefficient (Wildman–Crippen LogP) is 1.91. The van der Waals surface area contributed by atoms with Gasteiger partial charge >= 0.3 is 5.97 Å². The van der Waals surface area contributed by atoms with Gasteiger partial charge < -0.3 is 10.0 Å². The SMILES string of the molecule is CN(CC(=O)O)C(=O)c1ccc(-c2ccccn2)cc1. The standard InChI is InChI=1S/C15H14N2O3/c1-17(10-14(18)19)15(20)12-7-5-11(6-8-12)13-4-2-3-9-16-13/h2-9H,10H2,1H3,(H,18,19). The molecule has 1 N–H and O–H groups in total. The van der Waals surface area contributed by atoms with Crippen LogP contribution in [-0.2, 0) is 4.79 Å². The second-order valence-electron chi connectivity index (χ2n) is 4.35. The van der Waals surface area contributed by atoms with E-state index in [-0.39, 0.29) is 12.5 Å². The molecule has 0 bridgehead atoms. The zero-order chi connectivity index (χ0) is 14.5. The van der Waals surface area contributed by atoms with Gasteiger partial charge in [-0.3, -0.25) is 14.6 Å². The van der Waals surface area contributed by atoms with E-state index in [4.69, 9.17) is 5.11 Å². The van der Waals surface area contributed by atoms with Crippen LogP contribution in [0.2, 0.25) is 0 Å². The summed E-state index contributed by atoms with van der Waals surface area (Å²) >= 11 is 0. The summed E-state index contributed by atoms with van der Waals surface area (Å²) in [7, 11) is 1.46. The second kappa shape index (κ2) is 5.97. The molecule has 1 aromatic carbocycles. The quantitative estimate of drug-likeness (QED) is 0.921. The summed E-state index contributed by atoms with van der Waals surface area (Å²) in [6.45, 7) is -0.319. The average molecular weight is 270 g/mol. The highest BCUT2D eigenvalue weighted by Gasteiger charge is 2.14. The van der Waals surface area contributed by atoms with Crippen molar-refractivity contribution >= 4 is 11.9 Å². The highest BCUT2D eigenvalue weighted by Crippen LogP contribution is 2.17. The van der Waals surface area contributed by atoms with E-state index in [1.54, 1.807) is 30.5 Å². The minimum Gasteiger partial charge on any atom is -0.480 e. The lowest BCUT2D eigenvalue weighted by molar-refractivity contribution is -0.137. The van der Waals surface area contributed by atoms with Gasteiger partial charge in [-0.25, -0.2) is 0 Å². The fraction of sp³-hybridized carbons (Fsp3) is 0.133. The van der Waals surface area contributed by atoms with E-state index in [2.05, 4.69) is 4.98 Å². The van der Waals surface area contributed by atoms with E-state index >= 15 is 0 Å². The third-order valence-electron chi connectivity index (χ3n) is 2.81. The normalized spacial score (nSPS) is 10.1. The minimum absolute atomic E-state index is 0.319. The largest absolute Gasteiger partial charge is 0.480 e. The number of aromatic nitrogens is 1. The summed E-state index contributed by atoms with van der Waals surface area (Å²) in [5, 5.41) is 8.67. The number of carbonyl (C=O) groups is 2. The third-order valence-corrected chi connectivity index (χ3v) is 2.81. The number of carbonyl (C=O) groups excluding carboxylic acids is 1. The number of carboxylic acids is 1. The van der Waals surface area contributed by atoms with Crippen LogP contribution in [0.3, 0.4) is 0 Å². The van der Waals surface area contributed by atoms with Crippen LogP contribution < -0.4 is 0 Å². The van der Waals surface area contributed by atoms with Crippen molar-refractivity contribution in [3.8, 4) is 11.3 Å². The highest BCUT2D eigenvalue weighted by molar-refractivity contribution is 5.96. The van der Waals surface area contributed by atoms with Crippen molar-refractivity contribution in [2.75, 3.05) is 13.6 Å². The van der Waals surface area contributed by atoms with Crippen LogP contribution in [0.15, 0.2) is 48.7 Å². The van der Waals surface area contributed by atoms with Crippen molar-refractivity contribution in [1.29, 1.82) is 0 Å². The Balaban J connectivity index is 2.16. The maximum absolute atomic E-state index is 12.0. The number of aliphatic carboxylic acids is 1. The van der Waals surface area contributed by atoms with Crippen molar-refractivity contribution in [2.24, 2.45) is 0 Å². The van der Waals surface area contributed by atoms with Gasteiger partial charge in [0, 0.05) is 24.4 Å². The summed E-state index contributed by atoms with van der Waals surface area (Å²) in [6, 6.07) is 12.5. The molecule has 0 fully saturated rings. The molecule has 0 spiro atoms. The van der Waals surface area contributed by atoms with Crippen LogP contribution in [0.1, 0.15) is 10.4 Å². The molecule has 5 heteroatoms. The Kier molecular flexibility index (Phi) is 4.10. The van der Waals surface area contributed by atoms with Crippen LogP contribution in [0.4, 0.5) is 0 Å². The molecule has 0 aliphatic rings. The topological polar surface area (TPSA) is 70.5 Å². The maximum atomic E-state index is 12.0. The number of likely N-dealkylation sites (N-methyl/N-ethyl adjacent to an activating group) is 1. The first-order valence-electron chi connectivity index (χ1n) is 6.06. The molecule has 0 unspecified atom stereocenters. The maximum Gasteiger partial charge on any atom is 0.323 e. The van der Waals surface area contributed by atoms with Gasteiger partial charge in [-0.2, -0.15) is 0 Å². The van der Waals surface area contributed by atoms with Crippen molar-refractivity contribution in [1.82, 2.24) is 9.88 Å². The van der Waals surface area contributed by atoms with Gasteiger partial charge in [0.2, 0.25) is 0 Å². The fourth-order valence-electron chi connectivity index (χ4n) is 1.81. The second-order valence-corrected chi connectivity index (χ2v) is 4.35. The van der Waals surface area contributed by atoms with Crippen LogP contribution in [-0.4, -0.2) is 40.5 Å². The van der Waals surface area contributed by atoms with Gasteiger partial charge in [-0.1, -0.05) is 18.2 Å². The number of carboxylic acid groups (broad SMARTS) is 1. The molecule has 1 aromatic heterocycles. The smallest absolute Gasteiger partial charge is 0.323 e. The van der Waals surface area contributed by atoms with Crippen molar-refractivity contribution in [3.05, 3.63) is 54.2 Å². The zero-order valence-electron chi connectivity index (χ0n) is 11.0. The molecule has 5 nitrogen and oxygen atoms in total. The molecule has 0 atom stereocenters. The number of hydrogen-bond acceptors (Lipinski definition) is 3. The molecular formula is C15H14N2O3. The summed E-state index contributed by atoms with van der Waals surface area (Å²) in [5.74, 6) is -1.36. The molecule has 2 rings (SSSR count). The molecule has 0 radical (unpaired) electrons. The molecule has 0 aliphatic carbocycles. The number of benzene rings is 1. The van der Waals surface area contributed by atoms with Gasteiger partial charge in [-0.15, -0.1) is 0 Å². The minimum atomic E-state index is -1.04. The molecule has 1 heterocycles. The summed E-state index contributed by atoms with van der Waals surface area (Å²) < 4.78 is 0. The summed E-state index contributed by atoms with van der Waals surface area (Å²) in [4.78, 5) is 27.9. The van der Waals surface area contributed by atoms with Crippen LogP contribution in [0.25, 0.3) is 11.3 Å². The van der Waals surface area contributed by atoms with E-state index in [9.17, 15) is 9.59 Å². The van der Waals surface area contributed by atoms with E-state index in [0.29, 0.717) is 5.56 Å². The van der Waals surface area contributed by atoms with E-state index in [1.165, 1.54) is 7.05 Å². The number of amides is 1. The Morgan fingerprint density at radius 3 is 2.40 bits per heavy atom. The molecule has 1 amide bonds. The summed E-state index contributed by atoms with van der Waals surface area (Å²) in [6.07, 6.45) is 1.70. The third kappa shape index (κ3) is 3.20. The summed E-state index contributed by atoms with van der Waals surface area (Å²) in [5.41, 5.74) is 2.18. The lowest BCUT2D eigenvalue weighted by atomic mass is 10.1. The van der Waals surface area contributed by atoms with Crippen molar-refractivity contribution in [2.45, 2.75) is 0 Å². The number of pyridine rings is 1. The van der Waals surface area contributed by atoms with E-state index in [0.717, 1.165) is 16.2 Å². The molecule has 0 saturated carbocycles. The van der Waals surface area contributed by atoms with Crippen LogP contribution in [0, 0.1) is 0 Å². The molecule has 102 valence electrons. The zero-order valence-corrected chi connectivity index (χ0v) is 11.0. The first-order chi connectivity index (χ1) is 9.58. The Morgan fingerprint density at radius 1 is 1.15 bits per heavy atom. The lowest BCUT2D eigenvalue weighted by Gasteiger charge is -2.14. The molecular weight excluding hydrogens is 256 g/mol. The average Bonchev–Trinajstić information content (AvgIpc) is 2.47. The molecule has 2 aromatic rings. The molecule has 20 heavy (non-hydrogen) atoms. The molecule has 0 saturated heterocycles. The Hall–Kier alpha value is -2.69. The Bertz CT molecular complexity index is 609. The van der Waals surface area contributed by atoms with E-state index < -0.39 is 5.97 Å². The number of rotatable bonds is 4. The first-order valence-corrected chi connectivity index (χ1v) is 6.06. The Morgan fingerprint density at radius 2 is 1.85 bits per heavy atom. The number of hydrogen-bond donors (Lipinski definition) is 1. The Labute approximate surface area is 116 Å². The first kappa shape index (κ1) is 13.7. The lowest BCUT2D eigenvalue weighted by Crippen LogP contribution is -2.31. The van der Waals surface area contributed by atoms with Gasteiger partial charge in [0.15, 0.2) is 0 Å². The van der Waals surface area contributed by atoms with Gasteiger partial charge in [0.1, 0.15) is 6.54 Å². The number of nitrogens with zero attached hydrogens (tertiary/aromatic N) is 2. The van der Waals surface area contributed by atoms with E-state index in [1.807, 2.05) is 18.2 Å². The monoisotopic (exact) mass is 270 g/mol. The van der Waals surface area contributed by atoms with Gasteiger partial charge in [0.25, 0.3) is 5.91 Å². The van der Waals surface area contributed by atoms with Crippen molar-refractivity contribution in [3.63, 3.8) is 0 Å². The van der Waals surface area contributed by atoms with Gasteiger partial charge in [-0.05, 0) is 24.3 Å². The van der Waals surface area contributed by atoms with Crippen molar-refractivity contribution < 1.29 is 14.7 Å². The molecule has 0 aliphatic heterocycles. The van der Waals surface area contributed by atoms with Crippen LogP contribution >= 0.6 is 0 Å².